The molecule has 2 rings (SSSR count). The number of amides is 1. The van der Waals surface area contributed by atoms with E-state index < -0.39 is 5.97 Å². The van der Waals surface area contributed by atoms with Crippen molar-refractivity contribution in [3.8, 4) is 0 Å². The van der Waals surface area contributed by atoms with E-state index in [1.54, 1.807) is 12.3 Å². The average molecular weight is 260 g/mol. The van der Waals surface area contributed by atoms with E-state index >= 15 is 0 Å². The number of carboxylic acids is 1. The molecule has 0 unspecified atom stereocenters. The van der Waals surface area contributed by atoms with Gasteiger partial charge in [-0.15, -0.1) is 0 Å². The molecule has 0 radical (unpaired) electrons. The van der Waals surface area contributed by atoms with Gasteiger partial charge in [0.2, 0.25) is 0 Å². The summed E-state index contributed by atoms with van der Waals surface area (Å²) in [5.41, 5.74) is 0.233. The van der Waals surface area contributed by atoms with Crippen LogP contribution in [0.15, 0.2) is 41.1 Å². The Hall–Kier alpha value is -2.63. The Bertz CT molecular complexity index is 561. The van der Waals surface area contributed by atoms with E-state index in [2.05, 4.69) is 10.3 Å². The maximum Gasteiger partial charge on any atom is 0.354 e. The fraction of sp³-hybridized carbons (Fsp3) is 0.154. The number of carbonyl (C=O) groups excluding carboxylic acids is 1. The van der Waals surface area contributed by atoms with Gasteiger partial charge in [0, 0.05) is 19.2 Å². The SMILES string of the molecule is O=C(NCCc1ccco1)c1ccc(C(=O)O)nc1. The number of carbonyl (C=O) groups is 2. The molecule has 0 aliphatic rings. The van der Waals surface area contributed by atoms with Gasteiger partial charge in [0.25, 0.3) is 5.91 Å². The van der Waals surface area contributed by atoms with Gasteiger partial charge in [-0.05, 0) is 24.3 Å². The molecule has 0 saturated carbocycles. The minimum Gasteiger partial charge on any atom is -0.477 e. The van der Waals surface area contributed by atoms with Crippen LogP contribution < -0.4 is 5.32 Å². The number of aromatic carboxylic acids is 1. The van der Waals surface area contributed by atoms with E-state index in [-0.39, 0.29) is 11.6 Å². The van der Waals surface area contributed by atoms with E-state index in [9.17, 15) is 9.59 Å². The molecule has 0 aliphatic heterocycles. The first-order chi connectivity index (χ1) is 9.16. The van der Waals surface area contributed by atoms with Crippen molar-refractivity contribution >= 4 is 11.9 Å². The molecule has 2 heterocycles. The lowest BCUT2D eigenvalue weighted by atomic mass is 10.2. The molecule has 0 saturated heterocycles. The highest BCUT2D eigenvalue weighted by Gasteiger charge is 2.08. The first-order valence-electron chi connectivity index (χ1n) is 5.67. The third-order valence-electron chi connectivity index (χ3n) is 2.48. The van der Waals surface area contributed by atoms with E-state index in [0.29, 0.717) is 18.5 Å². The van der Waals surface area contributed by atoms with Gasteiger partial charge in [-0.1, -0.05) is 0 Å². The monoisotopic (exact) mass is 260 g/mol. The molecule has 1 amide bonds. The predicted octanol–water partition coefficient (Wildman–Crippen LogP) is 1.35. The number of furan rings is 1. The second kappa shape index (κ2) is 5.81. The van der Waals surface area contributed by atoms with Crippen LogP contribution in [-0.2, 0) is 6.42 Å². The summed E-state index contributed by atoms with van der Waals surface area (Å²) in [6, 6.07) is 6.34. The molecule has 0 spiro atoms. The summed E-state index contributed by atoms with van der Waals surface area (Å²) in [6.45, 7) is 0.438. The Balaban J connectivity index is 1.87. The van der Waals surface area contributed by atoms with Crippen LogP contribution in [0.25, 0.3) is 0 Å². The third-order valence-corrected chi connectivity index (χ3v) is 2.48. The summed E-state index contributed by atoms with van der Waals surface area (Å²) in [5.74, 6) is -0.625. The molecule has 19 heavy (non-hydrogen) atoms. The third kappa shape index (κ3) is 3.41. The summed E-state index contributed by atoms with van der Waals surface area (Å²) in [5, 5.41) is 11.4. The largest absolute Gasteiger partial charge is 0.477 e. The quantitative estimate of drug-likeness (QED) is 0.846. The number of rotatable bonds is 5. The minimum absolute atomic E-state index is 0.0906. The number of pyridine rings is 1. The van der Waals surface area contributed by atoms with E-state index in [1.165, 1.54) is 18.3 Å². The molecule has 98 valence electrons. The molecular weight excluding hydrogens is 248 g/mol. The number of hydrogen-bond donors (Lipinski definition) is 2. The minimum atomic E-state index is -1.12. The van der Waals surface area contributed by atoms with Gasteiger partial charge in [-0.3, -0.25) is 4.79 Å². The van der Waals surface area contributed by atoms with Gasteiger partial charge in [0.05, 0.1) is 11.8 Å². The molecule has 6 heteroatoms. The lowest BCUT2D eigenvalue weighted by Gasteiger charge is -2.03. The van der Waals surface area contributed by atoms with Gasteiger partial charge in [0.15, 0.2) is 0 Å². The lowest BCUT2D eigenvalue weighted by Crippen LogP contribution is -2.25. The Morgan fingerprint density at radius 1 is 1.32 bits per heavy atom. The second-order valence-electron chi connectivity index (χ2n) is 3.82. The topological polar surface area (TPSA) is 92.4 Å². The molecular formula is C13H12N2O4. The first-order valence-corrected chi connectivity index (χ1v) is 5.67. The lowest BCUT2D eigenvalue weighted by molar-refractivity contribution is 0.0689. The van der Waals surface area contributed by atoms with Crippen molar-refractivity contribution < 1.29 is 19.1 Å². The summed E-state index contributed by atoms with van der Waals surface area (Å²) in [6.07, 6.45) is 3.41. The molecule has 0 aliphatic carbocycles. The standard InChI is InChI=1S/C13H12N2O4/c16-12(14-6-5-10-2-1-7-19-10)9-3-4-11(13(17)18)15-8-9/h1-4,7-8H,5-6H2,(H,14,16)(H,17,18). The van der Waals surface area contributed by atoms with Crippen LogP contribution in [0.2, 0.25) is 0 Å². The molecule has 0 aromatic carbocycles. The van der Waals surface area contributed by atoms with Gasteiger partial charge >= 0.3 is 5.97 Å². The van der Waals surface area contributed by atoms with Gasteiger partial charge in [-0.2, -0.15) is 0 Å². The average Bonchev–Trinajstić information content (AvgIpc) is 2.92. The van der Waals surface area contributed by atoms with Gasteiger partial charge in [0.1, 0.15) is 11.5 Å². The highest BCUT2D eigenvalue weighted by molar-refractivity contribution is 5.94. The van der Waals surface area contributed by atoms with Crippen molar-refractivity contribution in [2.24, 2.45) is 0 Å². The molecule has 2 aromatic heterocycles. The number of nitrogens with zero attached hydrogens (tertiary/aromatic N) is 1. The zero-order valence-corrected chi connectivity index (χ0v) is 10.00. The predicted molar refractivity (Wildman–Crippen MR) is 65.9 cm³/mol. The van der Waals surface area contributed by atoms with Crippen LogP contribution in [0, 0.1) is 0 Å². The van der Waals surface area contributed by atoms with Gasteiger partial charge in [-0.25, -0.2) is 9.78 Å². The molecule has 0 bridgehead atoms. The Kier molecular flexibility index (Phi) is 3.92. The summed E-state index contributed by atoms with van der Waals surface area (Å²) in [7, 11) is 0. The van der Waals surface area contributed by atoms with Crippen LogP contribution in [0.1, 0.15) is 26.6 Å². The summed E-state index contributed by atoms with van der Waals surface area (Å²) >= 11 is 0. The molecule has 2 aromatic rings. The summed E-state index contributed by atoms with van der Waals surface area (Å²) in [4.78, 5) is 26.0. The maximum absolute atomic E-state index is 11.7. The molecule has 0 fully saturated rings. The van der Waals surface area contributed by atoms with Crippen molar-refractivity contribution in [2.45, 2.75) is 6.42 Å². The van der Waals surface area contributed by atoms with Crippen LogP contribution in [0.5, 0.6) is 0 Å². The number of nitrogens with one attached hydrogen (secondary N) is 1. The zero-order valence-electron chi connectivity index (χ0n) is 10.00. The van der Waals surface area contributed by atoms with Crippen molar-refractivity contribution in [3.63, 3.8) is 0 Å². The fourth-order valence-electron chi connectivity index (χ4n) is 1.51. The number of carboxylic acid groups (broad SMARTS) is 1. The van der Waals surface area contributed by atoms with Crippen molar-refractivity contribution in [2.75, 3.05) is 6.54 Å². The van der Waals surface area contributed by atoms with E-state index in [0.717, 1.165) is 5.76 Å². The van der Waals surface area contributed by atoms with Crippen molar-refractivity contribution in [3.05, 3.63) is 53.7 Å². The van der Waals surface area contributed by atoms with Crippen LogP contribution in [0.4, 0.5) is 0 Å². The van der Waals surface area contributed by atoms with Crippen molar-refractivity contribution in [1.82, 2.24) is 10.3 Å². The van der Waals surface area contributed by atoms with E-state index in [4.69, 9.17) is 9.52 Å². The first kappa shape index (κ1) is 12.8. The Morgan fingerprint density at radius 3 is 2.74 bits per heavy atom. The highest BCUT2D eigenvalue weighted by Crippen LogP contribution is 2.02. The Labute approximate surface area is 109 Å². The molecule has 0 atom stereocenters. The zero-order chi connectivity index (χ0) is 13.7. The van der Waals surface area contributed by atoms with E-state index in [1.807, 2.05) is 6.07 Å². The van der Waals surface area contributed by atoms with Crippen LogP contribution in [-0.4, -0.2) is 28.5 Å². The summed E-state index contributed by atoms with van der Waals surface area (Å²) < 4.78 is 5.13. The van der Waals surface area contributed by atoms with Gasteiger partial charge < -0.3 is 14.8 Å². The molecule has 2 N–H and O–H groups in total. The number of aromatic nitrogens is 1. The normalized spacial score (nSPS) is 10.1. The van der Waals surface area contributed by atoms with Crippen LogP contribution >= 0.6 is 0 Å². The maximum atomic E-state index is 11.7. The highest BCUT2D eigenvalue weighted by atomic mass is 16.4. The number of hydrogen-bond acceptors (Lipinski definition) is 4. The second-order valence-corrected chi connectivity index (χ2v) is 3.82. The van der Waals surface area contributed by atoms with Crippen LogP contribution in [0.3, 0.4) is 0 Å². The fourth-order valence-corrected chi connectivity index (χ4v) is 1.51. The van der Waals surface area contributed by atoms with Crippen molar-refractivity contribution in [1.29, 1.82) is 0 Å². The molecule has 6 nitrogen and oxygen atoms in total. The Morgan fingerprint density at radius 2 is 2.16 bits per heavy atom. The smallest absolute Gasteiger partial charge is 0.354 e.